The highest BCUT2D eigenvalue weighted by atomic mass is 32.1. The van der Waals surface area contributed by atoms with Crippen LogP contribution in [0.4, 0.5) is 0 Å². The Morgan fingerprint density at radius 1 is 1.31 bits per heavy atom. The van der Waals surface area contributed by atoms with Gasteiger partial charge in [-0.2, -0.15) is 0 Å². The maximum Gasteiger partial charge on any atom is 0.251 e. The van der Waals surface area contributed by atoms with E-state index in [-0.39, 0.29) is 5.91 Å². The van der Waals surface area contributed by atoms with Crippen molar-refractivity contribution in [3.05, 3.63) is 0 Å². The van der Waals surface area contributed by atoms with Crippen molar-refractivity contribution in [2.75, 3.05) is 0 Å². The Morgan fingerprint density at radius 2 is 1.85 bits per heavy atom. The second-order valence-electron chi connectivity index (χ2n) is 3.49. The lowest BCUT2D eigenvalue weighted by Gasteiger charge is -2.25. The van der Waals surface area contributed by atoms with E-state index in [0.717, 1.165) is 25.7 Å². The summed E-state index contributed by atoms with van der Waals surface area (Å²) in [5, 5.41) is 6.23. The first-order chi connectivity index (χ1) is 6.14. The molecule has 1 fully saturated rings. The van der Waals surface area contributed by atoms with Crippen molar-refractivity contribution in [3.63, 3.8) is 0 Å². The van der Waals surface area contributed by atoms with Gasteiger partial charge in [0, 0.05) is 0 Å². The minimum absolute atomic E-state index is 0.0428. The number of carbonyl (C=O) groups excluding carboxylic acids is 1. The fraction of sp³-hybridized carbons (Fsp3) is 0.778. The van der Waals surface area contributed by atoms with Gasteiger partial charge < -0.3 is 10.6 Å². The van der Waals surface area contributed by atoms with Gasteiger partial charge in [0.2, 0.25) is 0 Å². The first-order valence-corrected chi connectivity index (χ1v) is 5.19. The van der Waals surface area contributed by atoms with Gasteiger partial charge >= 0.3 is 0 Å². The van der Waals surface area contributed by atoms with E-state index in [1.807, 2.05) is 0 Å². The standard InChI is InChI=1S/C9H16N2OS/c1-3-5-9(6-4-2)7(12)10-8(13)11-9/h3-6H2,1-2H3,(H2,10,11,12,13). The summed E-state index contributed by atoms with van der Waals surface area (Å²) in [6.45, 7) is 4.15. The molecule has 0 saturated carbocycles. The van der Waals surface area contributed by atoms with E-state index < -0.39 is 5.54 Å². The summed E-state index contributed by atoms with van der Waals surface area (Å²) < 4.78 is 0. The lowest BCUT2D eigenvalue weighted by Crippen LogP contribution is -2.46. The molecule has 0 aliphatic carbocycles. The zero-order chi connectivity index (χ0) is 9.90. The Hall–Kier alpha value is -0.640. The molecule has 1 rings (SSSR count). The molecule has 3 nitrogen and oxygen atoms in total. The van der Waals surface area contributed by atoms with Gasteiger partial charge in [-0.1, -0.05) is 26.7 Å². The number of rotatable bonds is 4. The van der Waals surface area contributed by atoms with Crippen LogP contribution in [-0.2, 0) is 4.79 Å². The number of carbonyl (C=O) groups is 1. The van der Waals surface area contributed by atoms with Crippen molar-refractivity contribution in [1.29, 1.82) is 0 Å². The number of thiocarbonyl (C=S) groups is 1. The van der Waals surface area contributed by atoms with Crippen molar-refractivity contribution in [2.45, 2.75) is 45.1 Å². The summed E-state index contributed by atoms with van der Waals surface area (Å²) >= 11 is 4.93. The molecule has 1 heterocycles. The molecule has 1 amide bonds. The van der Waals surface area contributed by atoms with Crippen LogP contribution in [0, 0.1) is 0 Å². The summed E-state index contributed by atoms with van der Waals surface area (Å²) in [7, 11) is 0. The van der Waals surface area contributed by atoms with Gasteiger partial charge in [-0.15, -0.1) is 0 Å². The molecule has 1 saturated heterocycles. The molecule has 74 valence electrons. The van der Waals surface area contributed by atoms with Gasteiger partial charge in [-0.05, 0) is 25.1 Å². The molecule has 13 heavy (non-hydrogen) atoms. The van der Waals surface area contributed by atoms with Gasteiger partial charge in [0.05, 0.1) is 0 Å². The first-order valence-electron chi connectivity index (χ1n) is 4.78. The second-order valence-corrected chi connectivity index (χ2v) is 3.90. The van der Waals surface area contributed by atoms with Gasteiger partial charge in [0.15, 0.2) is 5.11 Å². The summed E-state index contributed by atoms with van der Waals surface area (Å²) in [4.78, 5) is 11.6. The first kappa shape index (κ1) is 10.4. The van der Waals surface area contributed by atoms with Crippen LogP contribution in [0.1, 0.15) is 39.5 Å². The zero-order valence-corrected chi connectivity index (χ0v) is 8.96. The van der Waals surface area contributed by atoms with Crippen molar-refractivity contribution in [2.24, 2.45) is 0 Å². The van der Waals surface area contributed by atoms with E-state index in [0.29, 0.717) is 5.11 Å². The lowest BCUT2D eigenvalue weighted by atomic mass is 9.89. The molecule has 0 aromatic rings. The SMILES string of the molecule is CCCC1(CCC)NC(=S)NC1=O. The van der Waals surface area contributed by atoms with Gasteiger partial charge in [-0.3, -0.25) is 4.79 Å². The van der Waals surface area contributed by atoms with E-state index in [1.54, 1.807) is 0 Å². The Bertz CT molecular complexity index is 222. The van der Waals surface area contributed by atoms with Crippen LogP contribution in [-0.4, -0.2) is 16.6 Å². The minimum Gasteiger partial charge on any atom is -0.348 e. The predicted molar refractivity (Wildman–Crippen MR) is 56.4 cm³/mol. The fourth-order valence-electron chi connectivity index (χ4n) is 1.86. The molecule has 0 aromatic carbocycles. The molecule has 1 aliphatic rings. The Kier molecular flexibility index (Phi) is 3.25. The molecular formula is C9H16N2OS. The topological polar surface area (TPSA) is 41.1 Å². The molecule has 0 unspecified atom stereocenters. The number of amides is 1. The van der Waals surface area contributed by atoms with Gasteiger partial charge in [-0.25, -0.2) is 0 Å². The van der Waals surface area contributed by atoms with Gasteiger partial charge in [0.25, 0.3) is 5.91 Å². The molecular weight excluding hydrogens is 184 g/mol. The molecule has 0 radical (unpaired) electrons. The lowest BCUT2D eigenvalue weighted by molar-refractivity contribution is -0.124. The quantitative estimate of drug-likeness (QED) is 0.673. The molecule has 0 aromatic heterocycles. The maximum atomic E-state index is 11.6. The summed E-state index contributed by atoms with van der Waals surface area (Å²) in [6, 6.07) is 0. The average Bonchev–Trinajstić information content (AvgIpc) is 2.28. The van der Waals surface area contributed by atoms with Crippen LogP contribution < -0.4 is 10.6 Å². The monoisotopic (exact) mass is 200 g/mol. The zero-order valence-electron chi connectivity index (χ0n) is 8.14. The maximum absolute atomic E-state index is 11.6. The highest BCUT2D eigenvalue weighted by Crippen LogP contribution is 2.23. The third-order valence-electron chi connectivity index (χ3n) is 2.37. The van der Waals surface area contributed by atoms with Crippen LogP contribution in [0.3, 0.4) is 0 Å². The van der Waals surface area contributed by atoms with Crippen LogP contribution >= 0.6 is 12.2 Å². The minimum atomic E-state index is -0.416. The van der Waals surface area contributed by atoms with Crippen LogP contribution in [0.5, 0.6) is 0 Å². The molecule has 0 atom stereocenters. The predicted octanol–water partition coefficient (Wildman–Crippen LogP) is 1.33. The molecule has 4 heteroatoms. The van der Waals surface area contributed by atoms with Crippen molar-refractivity contribution in [1.82, 2.24) is 10.6 Å². The largest absolute Gasteiger partial charge is 0.348 e. The molecule has 1 aliphatic heterocycles. The molecule has 0 bridgehead atoms. The third kappa shape index (κ3) is 1.99. The van der Waals surface area contributed by atoms with Crippen LogP contribution in [0.15, 0.2) is 0 Å². The second kappa shape index (κ2) is 4.05. The van der Waals surface area contributed by atoms with Crippen LogP contribution in [0.25, 0.3) is 0 Å². The van der Waals surface area contributed by atoms with E-state index in [9.17, 15) is 4.79 Å². The van der Waals surface area contributed by atoms with E-state index >= 15 is 0 Å². The Morgan fingerprint density at radius 3 is 2.15 bits per heavy atom. The average molecular weight is 200 g/mol. The smallest absolute Gasteiger partial charge is 0.251 e. The molecule has 2 N–H and O–H groups in total. The molecule has 0 spiro atoms. The van der Waals surface area contributed by atoms with Crippen molar-refractivity contribution in [3.8, 4) is 0 Å². The fourth-order valence-corrected chi connectivity index (χ4v) is 2.15. The van der Waals surface area contributed by atoms with Crippen molar-refractivity contribution < 1.29 is 4.79 Å². The van der Waals surface area contributed by atoms with E-state index in [1.165, 1.54) is 0 Å². The third-order valence-corrected chi connectivity index (χ3v) is 2.57. The Labute approximate surface area is 84.3 Å². The highest BCUT2D eigenvalue weighted by Gasteiger charge is 2.42. The highest BCUT2D eigenvalue weighted by molar-refractivity contribution is 7.80. The number of nitrogens with one attached hydrogen (secondary N) is 2. The number of hydrogen-bond acceptors (Lipinski definition) is 2. The van der Waals surface area contributed by atoms with Gasteiger partial charge in [0.1, 0.15) is 5.54 Å². The summed E-state index contributed by atoms with van der Waals surface area (Å²) in [5.41, 5.74) is -0.416. The Balaban J connectivity index is 2.77. The summed E-state index contributed by atoms with van der Waals surface area (Å²) in [6.07, 6.45) is 3.69. The number of hydrogen-bond donors (Lipinski definition) is 2. The van der Waals surface area contributed by atoms with Crippen molar-refractivity contribution >= 4 is 23.2 Å². The van der Waals surface area contributed by atoms with Crippen LogP contribution in [0.2, 0.25) is 0 Å². The normalized spacial score (nSPS) is 19.8. The van der Waals surface area contributed by atoms with E-state index in [2.05, 4.69) is 24.5 Å². The summed E-state index contributed by atoms with van der Waals surface area (Å²) in [5.74, 6) is 0.0428. The van der Waals surface area contributed by atoms with E-state index in [4.69, 9.17) is 12.2 Å².